The Morgan fingerprint density at radius 1 is 1.26 bits per heavy atom. The molecular formula is C23H21ClF2N6O2. The van der Waals surface area contributed by atoms with Gasteiger partial charge in [-0.2, -0.15) is 5.10 Å². The zero-order chi connectivity index (χ0) is 24.5. The van der Waals surface area contributed by atoms with Crippen molar-refractivity contribution in [2.24, 2.45) is 0 Å². The van der Waals surface area contributed by atoms with Crippen LogP contribution in [0.1, 0.15) is 28.7 Å². The van der Waals surface area contributed by atoms with Gasteiger partial charge in [-0.25, -0.2) is 23.4 Å². The van der Waals surface area contributed by atoms with Crippen LogP contribution in [0.4, 0.5) is 8.78 Å². The van der Waals surface area contributed by atoms with Crippen molar-refractivity contribution in [3.05, 3.63) is 88.7 Å². The second kappa shape index (κ2) is 9.32. The Morgan fingerprint density at radius 2 is 2.00 bits per heavy atom. The normalized spacial score (nSPS) is 13.9. The highest BCUT2D eigenvalue weighted by Crippen LogP contribution is 2.30. The third kappa shape index (κ3) is 4.68. The van der Waals surface area contributed by atoms with Gasteiger partial charge in [0.2, 0.25) is 0 Å². The molecule has 0 aliphatic carbocycles. The second-order valence-corrected chi connectivity index (χ2v) is 8.33. The minimum atomic E-state index is -1.98. The van der Waals surface area contributed by atoms with Crippen molar-refractivity contribution in [1.29, 1.82) is 0 Å². The number of aryl methyl sites for hydroxylation is 1. The fourth-order valence-corrected chi connectivity index (χ4v) is 3.80. The van der Waals surface area contributed by atoms with Gasteiger partial charge in [-0.05, 0) is 44.2 Å². The van der Waals surface area contributed by atoms with Crippen molar-refractivity contribution < 1.29 is 18.7 Å². The van der Waals surface area contributed by atoms with Crippen LogP contribution in [0.5, 0.6) is 0 Å². The molecule has 0 saturated heterocycles. The maximum atomic E-state index is 14.7. The summed E-state index contributed by atoms with van der Waals surface area (Å²) in [5.41, 5.74) is -0.827. The largest absolute Gasteiger partial charge is 0.381 e. The smallest absolute Gasteiger partial charge is 0.269 e. The molecule has 0 spiro atoms. The first-order valence-corrected chi connectivity index (χ1v) is 10.7. The number of hydrogen-bond acceptors (Lipinski definition) is 5. The van der Waals surface area contributed by atoms with Crippen LogP contribution in [0.3, 0.4) is 0 Å². The summed E-state index contributed by atoms with van der Waals surface area (Å²) in [6, 6.07) is 8.77. The first-order valence-electron chi connectivity index (χ1n) is 10.3. The molecule has 0 saturated carbocycles. The molecule has 2 aromatic carbocycles. The standard InChI is InChI=1S/C23H21ClF2N6O2/c1-13-20(31-21(29-13)15-3-5-16(24)6-4-15)22(33)30-14(2)23(34,10-32-12-27-11-28-32)18-8-7-17(25)9-19(18)26/h3-9,11-12,14,34H,10H2,1-2H3,(H,29,31)(H,30,33). The number of aromatic nitrogens is 5. The number of halogens is 3. The monoisotopic (exact) mass is 486 g/mol. The van der Waals surface area contributed by atoms with Crippen LogP contribution < -0.4 is 5.32 Å². The Hall–Kier alpha value is -3.63. The van der Waals surface area contributed by atoms with Gasteiger partial charge < -0.3 is 15.4 Å². The third-order valence-electron chi connectivity index (χ3n) is 5.56. The maximum absolute atomic E-state index is 14.7. The molecule has 11 heteroatoms. The predicted molar refractivity (Wildman–Crippen MR) is 121 cm³/mol. The average molecular weight is 487 g/mol. The maximum Gasteiger partial charge on any atom is 0.269 e. The summed E-state index contributed by atoms with van der Waals surface area (Å²) in [7, 11) is 0. The number of H-pyrrole nitrogens is 1. The molecule has 0 aliphatic heterocycles. The zero-order valence-corrected chi connectivity index (χ0v) is 19.0. The van der Waals surface area contributed by atoms with Gasteiger partial charge in [0.25, 0.3) is 5.91 Å². The number of rotatable bonds is 7. The fourth-order valence-electron chi connectivity index (χ4n) is 3.67. The van der Waals surface area contributed by atoms with Crippen LogP contribution in [-0.2, 0) is 12.1 Å². The van der Waals surface area contributed by atoms with Crippen molar-refractivity contribution >= 4 is 17.5 Å². The van der Waals surface area contributed by atoms with E-state index in [1.165, 1.54) is 24.3 Å². The summed E-state index contributed by atoms with van der Waals surface area (Å²) in [6.07, 6.45) is 2.61. The lowest BCUT2D eigenvalue weighted by Crippen LogP contribution is -2.52. The van der Waals surface area contributed by atoms with Crippen molar-refractivity contribution in [2.75, 3.05) is 0 Å². The van der Waals surface area contributed by atoms with Crippen LogP contribution >= 0.6 is 11.6 Å². The molecule has 1 amide bonds. The summed E-state index contributed by atoms with van der Waals surface area (Å²) in [5, 5.41) is 18.8. The van der Waals surface area contributed by atoms with Gasteiger partial charge in [0.1, 0.15) is 41.4 Å². The van der Waals surface area contributed by atoms with E-state index in [1.807, 2.05) is 0 Å². The van der Waals surface area contributed by atoms with Crippen molar-refractivity contribution in [3.63, 3.8) is 0 Å². The zero-order valence-electron chi connectivity index (χ0n) is 18.3. The molecule has 34 heavy (non-hydrogen) atoms. The van der Waals surface area contributed by atoms with Crippen molar-refractivity contribution in [3.8, 4) is 11.4 Å². The van der Waals surface area contributed by atoms with Crippen LogP contribution in [0.15, 0.2) is 55.1 Å². The first-order chi connectivity index (χ1) is 16.2. The molecule has 4 rings (SSSR count). The third-order valence-corrected chi connectivity index (χ3v) is 5.81. The van der Waals surface area contributed by atoms with E-state index in [9.17, 15) is 18.7 Å². The van der Waals surface area contributed by atoms with E-state index in [2.05, 4.69) is 25.4 Å². The van der Waals surface area contributed by atoms with Gasteiger partial charge in [-0.15, -0.1) is 0 Å². The molecule has 4 aromatic rings. The van der Waals surface area contributed by atoms with Gasteiger partial charge in [0.05, 0.1) is 18.3 Å². The van der Waals surface area contributed by atoms with Gasteiger partial charge in [-0.3, -0.25) is 4.79 Å². The molecule has 0 bridgehead atoms. The second-order valence-electron chi connectivity index (χ2n) is 7.89. The number of carbonyl (C=O) groups excluding carboxylic acids is 1. The molecule has 2 unspecified atom stereocenters. The molecule has 3 N–H and O–H groups in total. The number of hydrogen-bond donors (Lipinski definition) is 3. The highest BCUT2D eigenvalue weighted by Gasteiger charge is 2.40. The molecule has 176 valence electrons. The van der Waals surface area contributed by atoms with E-state index in [1.54, 1.807) is 31.2 Å². The average Bonchev–Trinajstić information content (AvgIpc) is 3.43. The molecule has 8 nitrogen and oxygen atoms in total. The quantitative estimate of drug-likeness (QED) is 0.370. The van der Waals surface area contributed by atoms with Gasteiger partial charge in [0.15, 0.2) is 0 Å². The van der Waals surface area contributed by atoms with Gasteiger partial charge >= 0.3 is 0 Å². The Labute approximate surface area is 198 Å². The number of imidazole rings is 1. The predicted octanol–water partition coefficient (Wildman–Crippen LogP) is 3.61. The summed E-state index contributed by atoms with van der Waals surface area (Å²) >= 11 is 5.93. The van der Waals surface area contributed by atoms with Crippen molar-refractivity contribution in [2.45, 2.75) is 32.0 Å². The lowest BCUT2D eigenvalue weighted by Gasteiger charge is -2.35. The molecule has 0 aliphatic rings. The Balaban J connectivity index is 1.63. The van der Waals surface area contributed by atoms with E-state index in [4.69, 9.17) is 11.6 Å². The van der Waals surface area contributed by atoms with Crippen LogP contribution in [0.2, 0.25) is 5.02 Å². The van der Waals surface area contributed by atoms with E-state index >= 15 is 0 Å². The summed E-state index contributed by atoms with van der Waals surface area (Å²) < 4.78 is 29.5. The number of aromatic amines is 1. The van der Waals surface area contributed by atoms with Crippen LogP contribution in [0.25, 0.3) is 11.4 Å². The minimum absolute atomic E-state index is 0.180. The lowest BCUT2D eigenvalue weighted by molar-refractivity contribution is -0.0186. The molecule has 0 radical (unpaired) electrons. The van der Waals surface area contributed by atoms with E-state index in [0.29, 0.717) is 22.6 Å². The van der Waals surface area contributed by atoms with E-state index < -0.39 is 29.2 Å². The Kier molecular flexibility index (Phi) is 6.45. The summed E-state index contributed by atoms with van der Waals surface area (Å²) in [4.78, 5) is 24.3. The van der Waals surface area contributed by atoms with E-state index in [0.717, 1.165) is 17.7 Å². The topological polar surface area (TPSA) is 109 Å². The Morgan fingerprint density at radius 3 is 2.65 bits per heavy atom. The van der Waals surface area contributed by atoms with Crippen LogP contribution in [0, 0.1) is 18.6 Å². The van der Waals surface area contributed by atoms with Gasteiger partial charge in [0, 0.05) is 22.2 Å². The minimum Gasteiger partial charge on any atom is -0.381 e. The number of carbonyl (C=O) groups is 1. The molecule has 2 atom stereocenters. The molecule has 0 fully saturated rings. The summed E-state index contributed by atoms with van der Waals surface area (Å²) in [6.45, 7) is 2.94. The molecule has 2 heterocycles. The SMILES string of the molecule is Cc1nc(-c2ccc(Cl)cc2)[nH]c1C(=O)NC(C)C(O)(Cn1cncn1)c1ccc(F)cc1F. The van der Waals surface area contributed by atoms with Crippen molar-refractivity contribution in [1.82, 2.24) is 30.0 Å². The first kappa shape index (κ1) is 23.5. The number of nitrogens with one attached hydrogen (secondary N) is 2. The number of amides is 1. The molecular weight excluding hydrogens is 466 g/mol. The highest BCUT2D eigenvalue weighted by molar-refractivity contribution is 6.30. The summed E-state index contributed by atoms with van der Waals surface area (Å²) in [5.74, 6) is -1.83. The Bertz CT molecular complexity index is 1310. The fraction of sp³-hybridized carbons (Fsp3) is 0.217. The van der Waals surface area contributed by atoms with Crippen LogP contribution in [-0.4, -0.2) is 41.8 Å². The van der Waals surface area contributed by atoms with Gasteiger partial charge in [-0.1, -0.05) is 17.7 Å². The number of aliphatic hydroxyl groups is 1. The highest BCUT2D eigenvalue weighted by atomic mass is 35.5. The molecule has 2 aromatic heterocycles. The number of nitrogens with zero attached hydrogens (tertiary/aromatic N) is 4. The lowest BCUT2D eigenvalue weighted by atomic mass is 9.86. The van der Waals surface area contributed by atoms with E-state index in [-0.39, 0.29) is 17.8 Å². The number of benzene rings is 2.